The van der Waals surface area contributed by atoms with E-state index < -0.39 is 5.60 Å². The third kappa shape index (κ3) is 5.07. The Morgan fingerprint density at radius 1 is 0.966 bits per heavy atom. The molecule has 1 aromatic carbocycles. The van der Waals surface area contributed by atoms with Gasteiger partial charge in [-0.1, -0.05) is 12.1 Å². The zero-order valence-electron chi connectivity index (χ0n) is 18.9. The monoisotopic (exact) mass is 402 g/mol. The maximum atomic E-state index is 12.4. The van der Waals surface area contributed by atoms with E-state index in [9.17, 15) is 4.79 Å². The first-order chi connectivity index (χ1) is 13.4. The number of nitrogens with zero attached hydrogens (tertiary/aromatic N) is 2. The van der Waals surface area contributed by atoms with Gasteiger partial charge < -0.3 is 23.8 Å². The van der Waals surface area contributed by atoms with Crippen molar-refractivity contribution < 1.29 is 18.8 Å². The summed E-state index contributed by atoms with van der Waals surface area (Å²) in [5.74, 6) is 0. The van der Waals surface area contributed by atoms with Crippen molar-refractivity contribution in [2.75, 3.05) is 31.1 Å². The number of carbonyl (C=O) groups excluding carboxylic acids is 1. The number of anilines is 1. The third-order valence-corrected chi connectivity index (χ3v) is 5.93. The normalized spacial score (nSPS) is 21.8. The molecule has 2 heterocycles. The van der Waals surface area contributed by atoms with Gasteiger partial charge in [0.25, 0.3) is 0 Å². The Bertz CT molecular complexity index is 711. The summed E-state index contributed by atoms with van der Waals surface area (Å²) in [5.41, 5.74) is 1.03. The van der Waals surface area contributed by atoms with Crippen molar-refractivity contribution >= 4 is 24.4 Å². The SMILES string of the molecule is CC(C)(C)OC(=O)N1CCCN(c2ccc(B3OC(C)(C)C(C)(C)O3)cc2)CC1. The molecule has 2 aliphatic rings. The predicted octanol–water partition coefficient (Wildman–Crippen LogP) is 3.43. The first-order valence-corrected chi connectivity index (χ1v) is 10.6. The maximum Gasteiger partial charge on any atom is 0.494 e. The van der Waals surface area contributed by atoms with E-state index in [2.05, 4.69) is 56.9 Å². The maximum absolute atomic E-state index is 12.4. The van der Waals surface area contributed by atoms with E-state index in [1.54, 1.807) is 0 Å². The molecule has 2 aliphatic heterocycles. The van der Waals surface area contributed by atoms with E-state index in [0.29, 0.717) is 6.54 Å². The molecule has 0 unspecified atom stereocenters. The Kier molecular flexibility index (Phi) is 5.94. The number of hydrogen-bond acceptors (Lipinski definition) is 5. The van der Waals surface area contributed by atoms with Crippen molar-refractivity contribution in [2.24, 2.45) is 0 Å². The highest BCUT2D eigenvalue weighted by molar-refractivity contribution is 6.62. The number of amides is 1. The van der Waals surface area contributed by atoms with Gasteiger partial charge in [-0.15, -0.1) is 0 Å². The van der Waals surface area contributed by atoms with Crippen LogP contribution in [0.4, 0.5) is 10.5 Å². The lowest BCUT2D eigenvalue weighted by Gasteiger charge is -2.32. The summed E-state index contributed by atoms with van der Waals surface area (Å²) in [6, 6.07) is 8.38. The number of carbonyl (C=O) groups is 1. The van der Waals surface area contributed by atoms with Gasteiger partial charge in [-0.3, -0.25) is 0 Å². The van der Waals surface area contributed by atoms with Gasteiger partial charge in [0.15, 0.2) is 0 Å². The molecular formula is C22H35BN2O4. The Morgan fingerprint density at radius 3 is 2.10 bits per heavy atom. The molecule has 1 aromatic rings. The molecular weight excluding hydrogens is 367 g/mol. The minimum atomic E-state index is -0.466. The highest BCUT2D eigenvalue weighted by Crippen LogP contribution is 2.36. The minimum absolute atomic E-state index is 0.226. The Morgan fingerprint density at radius 2 is 1.55 bits per heavy atom. The predicted molar refractivity (Wildman–Crippen MR) is 117 cm³/mol. The molecule has 0 spiro atoms. The van der Waals surface area contributed by atoms with Gasteiger partial charge >= 0.3 is 13.2 Å². The summed E-state index contributed by atoms with van der Waals surface area (Å²) < 4.78 is 17.8. The molecule has 160 valence electrons. The first kappa shape index (κ1) is 22.0. The Labute approximate surface area is 175 Å². The zero-order valence-corrected chi connectivity index (χ0v) is 18.9. The molecule has 0 atom stereocenters. The average Bonchev–Trinajstić information content (AvgIpc) is 2.78. The van der Waals surface area contributed by atoms with E-state index in [4.69, 9.17) is 14.0 Å². The van der Waals surface area contributed by atoms with Crippen molar-refractivity contribution in [3.8, 4) is 0 Å². The Balaban J connectivity index is 1.62. The van der Waals surface area contributed by atoms with Crippen LogP contribution in [0.15, 0.2) is 24.3 Å². The molecule has 1 amide bonds. The molecule has 7 heteroatoms. The van der Waals surface area contributed by atoms with E-state index in [1.165, 1.54) is 0 Å². The lowest BCUT2D eigenvalue weighted by atomic mass is 9.79. The van der Waals surface area contributed by atoms with Crippen molar-refractivity contribution in [2.45, 2.75) is 71.7 Å². The van der Waals surface area contributed by atoms with E-state index in [1.807, 2.05) is 25.7 Å². The molecule has 0 saturated carbocycles. The summed E-state index contributed by atoms with van der Waals surface area (Å²) in [7, 11) is -0.346. The van der Waals surface area contributed by atoms with Crippen LogP contribution < -0.4 is 10.4 Å². The molecule has 0 bridgehead atoms. The summed E-state index contributed by atoms with van der Waals surface area (Å²) in [5, 5.41) is 0. The highest BCUT2D eigenvalue weighted by Gasteiger charge is 2.51. The second-order valence-corrected chi connectivity index (χ2v) is 9.99. The molecule has 0 aromatic heterocycles. The third-order valence-electron chi connectivity index (χ3n) is 5.93. The fraction of sp³-hybridized carbons (Fsp3) is 0.682. The number of rotatable bonds is 2. The number of hydrogen-bond donors (Lipinski definition) is 0. The highest BCUT2D eigenvalue weighted by atomic mass is 16.7. The standard InChI is InChI=1S/C22H35BN2O4/c1-20(2,3)27-19(26)25-14-8-13-24(15-16-25)18-11-9-17(10-12-18)23-28-21(4,5)22(6,7)29-23/h9-12H,8,13-16H2,1-7H3. The van der Waals surface area contributed by atoms with Gasteiger partial charge in [-0.2, -0.15) is 0 Å². The molecule has 0 N–H and O–H groups in total. The fourth-order valence-corrected chi connectivity index (χ4v) is 3.51. The average molecular weight is 402 g/mol. The topological polar surface area (TPSA) is 51.2 Å². The molecule has 2 fully saturated rings. The fourth-order valence-electron chi connectivity index (χ4n) is 3.51. The lowest BCUT2D eigenvalue weighted by molar-refractivity contribution is 0.00578. The molecule has 0 aliphatic carbocycles. The summed E-state index contributed by atoms with van der Waals surface area (Å²) in [4.78, 5) is 16.5. The van der Waals surface area contributed by atoms with Crippen molar-refractivity contribution in [1.82, 2.24) is 4.90 Å². The van der Waals surface area contributed by atoms with Crippen LogP contribution in [-0.4, -0.2) is 61.1 Å². The van der Waals surface area contributed by atoms with E-state index in [-0.39, 0.29) is 24.4 Å². The van der Waals surface area contributed by atoms with E-state index >= 15 is 0 Å². The quantitative estimate of drug-likeness (QED) is 0.710. The van der Waals surface area contributed by atoms with Crippen molar-refractivity contribution in [3.63, 3.8) is 0 Å². The molecule has 3 rings (SSSR count). The largest absolute Gasteiger partial charge is 0.494 e. The molecule has 0 radical (unpaired) electrons. The van der Waals surface area contributed by atoms with Gasteiger partial charge in [-0.25, -0.2) is 4.79 Å². The number of ether oxygens (including phenoxy) is 1. The van der Waals surface area contributed by atoms with Crippen molar-refractivity contribution in [3.05, 3.63) is 24.3 Å². The van der Waals surface area contributed by atoms with Crippen LogP contribution in [0.3, 0.4) is 0 Å². The van der Waals surface area contributed by atoms with Crippen LogP contribution in [0.2, 0.25) is 0 Å². The molecule has 6 nitrogen and oxygen atoms in total. The Hall–Kier alpha value is -1.73. The van der Waals surface area contributed by atoms with Gasteiger partial charge in [0.1, 0.15) is 5.60 Å². The van der Waals surface area contributed by atoms with Crippen LogP contribution in [0.5, 0.6) is 0 Å². The van der Waals surface area contributed by atoms with Gasteiger partial charge in [0.05, 0.1) is 11.2 Å². The molecule has 29 heavy (non-hydrogen) atoms. The smallest absolute Gasteiger partial charge is 0.444 e. The van der Waals surface area contributed by atoms with Crippen LogP contribution >= 0.6 is 0 Å². The van der Waals surface area contributed by atoms with Crippen LogP contribution in [0.1, 0.15) is 54.9 Å². The summed E-state index contributed by atoms with van der Waals surface area (Å²) in [6.07, 6.45) is 0.688. The van der Waals surface area contributed by atoms with Crippen molar-refractivity contribution in [1.29, 1.82) is 0 Å². The first-order valence-electron chi connectivity index (χ1n) is 10.6. The second-order valence-electron chi connectivity index (χ2n) is 9.99. The van der Waals surface area contributed by atoms with E-state index in [0.717, 1.165) is 37.2 Å². The number of benzene rings is 1. The van der Waals surface area contributed by atoms with Crippen LogP contribution in [0.25, 0.3) is 0 Å². The van der Waals surface area contributed by atoms with Gasteiger partial charge in [0.2, 0.25) is 0 Å². The van der Waals surface area contributed by atoms with Gasteiger partial charge in [-0.05, 0) is 72.5 Å². The minimum Gasteiger partial charge on any atom is -0.444 e. The molecule has 2 saturated heterocycles. The lowest BCUT2D eigenvalue weighted by Crippen LogP contribution is -2.41. The van der Waals surface area contributed by atoms with Crippen LogP contribution in [-0.2, 0) is 14.0 Å². The van der Waals surface area contributed by atoms with Gasteiger partial charge in [0, 0.05) is 31.9 Å². The summed E-state index contributed by atoms with van der Waals surface area (Å²) in [6.45, 7) is 17.0. The van der Waals surface area contributed by atoms with Crippen LogP contribution in [0, 0.1) is 0 Å². The second kappa shape index (κ2) is 7.84. The summed E-state index contributed by atoms with van der Waals surface area (Å²) >= 11 is 0. The zero-order chi connectivity index (χ0) is 21.4.